The van der Waals surface area contributed by atoms with E-state index >= 15 is 0 Å². The molecule has 0 saturated carbocycles. The lowest BCUT2D eigenvalue weighted by atomic mass is 10.1. The number of carbonyl (C=O) groups excluding carboxylic acids is 1. The molecular formula is C25H37BrN4O5Si. The SMILES string of the molecule is C=CC[C@H](NC(=O)OC(C)(C)C)c1nc(-c2ccc(NC(=O)O)cc2Br)cn1COCC[Si](C)(C)C. The Kier molecular flexibility index (Phi) is 10.3. The monoisotopic (exact) mass is 580 g/mol. The number of halogens is 1. The molecule has 0 unspecified atom stereocenters. The van der Waals surface area contributed by atoms with Gasteiger partial charge in [0.15, 0.2) is 0 Å². The fourth-order valence-electron chi connectivity index (χ4n) is 3.25. The molecule has 0 aliphatic rings. The summed E-state index contributed by atoms with van der Waals surface area (Å²) in [6.07, 6.45) is 2.33. The summed E-state index contributed by atoms with van der Waals surface area (Å²) in [5.41, 5.74) is 1.21. The van der Waals surface area contributed by atoms with Gasteiger partial charge in [0.2, 0.25) is 0 Å². The van der Waals surface area contributed by atoms with Gasteiger partial charge in [0, 0.05) is 36.6 Å². The van der Waals surface area contributed by atoms with Crippen molar-refractivity contribution in [1.29, 1.82) is 0 Å². The van der Waals surface area contributed by atoms with Crippen LogP contribution < -0.4 is 10.6 Å². The molecule has 1 heterocycles. The van der Waals surface area contributed by atoms with Gasteiger partial charge < -0.3 is 24.5 Å². The number of ether oxygens (including phenoxy) is 2. The fourth-order valence-corrected chi connectivity index (χ4v) is 4.59. The minimum absolute atomic E-state index is 0.271. The van der Waals surface area contributed by atoms with E-state index in [-0.39, 0.29) is 6.73 Å². The number of carboxylic acid groups (broad SMARTS) is 1. The number of hydrogen-bond donors (Lipinski definition) is 3. The smallest absolute Gasteiger partial charge is 0.409 e. The second-order valence-corrected chi connectivity index (χ2v) is 17.1. The van der Waals surface area contributed by atoms with Crippen molar-refractivity contribution in [3.63, 3.8) is 0 Å². The number of carbonyl (C=O) groups is 2. The van der Waals surface area contributed by atoms with Crippen LogP contribution >= 0.6 is 15.9 Å². The molecule has 11 heteroatoms. The fraction of sp³-hybridized carbons (Fsp3) is 0.480. The maximum Gasteiger partial charge on any atom is 0.409 e. The highest BCUT2D eigenvalue weighted by Gasteiger charge is 2.25. The van der Waals surface area contributed by atoms with E-state index in [1.165, 1.54) is 0 Å². The van der Waals surface area contributed by atoms with Crippen molar-refractivity contribution >= 4 is 41.9 Å². The minimum Gasteiger partial charge on any atom is -0.465 e. The zero-order chi connectivity index (χ0) is 27.1. The number of hydrogen-bond acceptors (Lipinski definition) is 5. The maximum atomic E-state index is 12.6. The standard InChI is InChI=1S/C25H37BrN4O5Si/c1-8-9-20(29-24(33)35-25(2,3)4)22-28-21(15-30(22)16-34-12-13-36(5,6)7)18-11-10-17(14-19(18)26)27-23(31)32/h8,10-11,14-15,20,27H,1,9,12-13,16H2,2-7H3,(H,29,33)(H,31,32)/t20-/m0/s1. The first kappa shape index (κ1) is 29.6. The first-order chi connectivity index (χ1) is 16.7. The molecule has 198 valence electrons. The molecule has 0 saturated heterocycles. The lowest BCUT2D eigenvalue weighted by Gasteiger charge is -2.23. The molecule has 1 aromatic heterocycles. The van der Waals surface area contributed by atoms with Crippen molar-refractivity contribution in [3.05, 3.63) is 47.3 Å². The normalized spacial score (nSPS) is 12.6. The Morgan fingerprint density at radius 1 is 1.31 bits per heavy atom. The molecule has 1 atom stereocenters. The second-order valence-electron chi connectivity index (χ2n) is 10.7. The van der Waals surface area contributed by atoms with E-state index in [2.05, 4.69) is 52.8 Å². The summed E-state index contributed by atoms with van der Waals surface area (Å²) in [6, 6.07) is 5.66. The largest absolute Gasteiger partial charge is 0.465 e. The van der Waals surface area contributed by atoms with Crippen LogP contribution in [0.4, 0.5) is 15.3 Å². The number of alkyl carbamates (subject to hydrolysis) is 1. The summed E-state index contributed by atoms with van der Waals surface area (Å²) in [7, 11) is -1.25. The number of nitrogens with one attached hydrogen (secondary N) is 2. The van der Waals surface area contributed by atoms with Crippen molar-refractivity contribution < 1.29 is 24.2 Å². The molecule has 9 nitrogen and oxygen atoms in total. The van der Waals surface area contributed by atoms with E-state index < -0.39 is 31.9 Å². The summed E-state index contributed by atoms with van der Waals surface area (Å²) >= 11 is 3.52. The number of anilines is 1. The number of nitrogens with zero attached hydrogens (tertiary/aromatic N) is 2. The second kappa shape index (κ2) is 12.6. The zero-order valence-corrected chi connectivity index (χ0v) is 24.4. The third-order valence-electron chi connectivity index (χ3n) is 4.94. The average Bonchev–Trinajstić information content (AvgIpc) is 3.12. The third-order valence-corrected chi connectivity index (χ3v) is 7.30. The summed E-state index contributed by atoms with van der Waals surface area (Å²) in [6.45, 7) is 17.0. The Balaban J connectivity index is 2.40. The van der Waals surface area contributed by atoms with Crippen LogP contribution in [0.2, 0.25) is 25.7 Å². The van der Waals surface area contributed by atoms with Gasteiger partial charge in [-0.25, -0.2) is 14.6 Å². The molecule has 2 amide bonds. The van der Waals surface area contributed by atoms with Crippen LogP contribution in [0.3, 0.4) is 0 Å². The van der Waals surface area contributed by atoms with Gasteiger partial charge >= 0.3 is 12.2 Å². The van der Waals surface area contributed by atoms with E-state index in [1.54, 1.807) is 45.0 Å². The summed E-state index contributed by atoms with van der Waals surface area (Å²) in [4.78, 5) is 28.4. The number of benzene rings is 1. The molecule has 3 N–H and O–H groups in total. The molecule has 2 rings (SSSR count). The van der Waals surface area contributed by atoms with Gasteiger partial charge in [-0.05, 0) is 51.4 Å². The minimum atomic E-state index is -1.25. The van der Waals surface area contributed by atoms with E-state index in [4.69, 9.17) is 19.6 Å². The lowest BCUT2D eigenvalue weighted by molar-refractivity contribution is 0.0492. The molecular weight excluding hydrogens is 544 g/mol. The first-order valence-electron chi connectivity index (χ1n) is 11.7. The van der Waals surface area contributed by atoms with Crippen molar-refractivity contribution in [2.45, 2.75) is 71.3 Å². The summed E-state index contributed by atoms with van der Waals surface area (Å²) in [5, 5.41) is 14.2. The third kappa shape index (κ3) is 9.79. The highest BCUT2D eigenvalue weighted by Crippen LogP contribution is 2.32. The van der Waals surface area contributed by atoms with Crippen LogP contribution in [0, 0.1) is 0 Å². The molecule has 0 fully saturated rings. The molecule has 0 radical (unpaired) electrons. The van der Waals surface area contributed by atoms with Crippen LogP contribution in [-0.4, -0.2) is 47.1 Å². The van der Waals surface area contributed by atoms with E-state index in [1.807, 2.05) is 10.8 Å². The van der Waals surface area contributed by atoms with Crippen molar-refractivity contribution in [3.8, 4) is 11.3 Å². The van der Waals surface area contributed by atoms with Crippen molar-refractivity contribution in [2.75, 3.05) is 11.9 Å². The van der Waals surface area contributed by atoms with Crippen LogP contribution in [0.25, 0.3) is 11.3 Å². The van der Waals surface area contributed by atoms with Crippen LogP contribution in [0.15, 0.2) is 41.5 Å². The molecule has 0 aliphatic heterocycles. The number of aromatic nitrogens is 2. The summed E-state index contributed by atoms with van der Waals surface area (Å²) in [5.74, 6) is 0.600. The van der Waals surface area contributed by atoms with Gasteiger partial charge in [-0.1, -0.05) is 41.6 Å². The quantitative estimate of drug-likeness (QED) is 0.152. The van der Waals surface area contributed by atoms with Gasteiger partial charge in [0.25, 0.3) is 0 Å². The highest BCUT2D eigenvalue weighted by atomic mass is 79.9. The summed E-state index contributed by atoms with van der Waals surface area (Å²) < 4.78 is 14.0. The van der Waals surface area contributed by atoms with Crippen molar-refractivity contribution in [2.24, 2.45) is 0 Å². The molecule has 0 bridgehead atoms. The molecule has 2 aromatic rings. The van der Waals surface area contributed by atoms with Gasteiger partial charge in [-0.15, -0.1) is 6.58 Å². The predicted molar refractivity (Wildman–Crippen MR) is 148 cm³/mol. The van der Waals surface area contributed by atoms with Gasteiger partial charge in [0.05, 0.1) is 11.7 Å². The lowest BCUT2D eigenvalue weighted by Crippen LogP contribution is -2.36. The van der Waals surface area contributed by atoms with E-state index in [9.17, 15) is 9.59 Å². The van der Waals surface area contributed by atoms with E-state index in [0.717, 1.165) is 11.6 Å². The van der Waals surface area contributed by atoms with Gasteiger partial charge in [0.1, 0.15) is 18.2 Å². The maximum absolute atomic E-state index is 12.6. The number of rotatable bonds is 11. The van der Waals surface area contributed by atoms with Gasteiger partial charge in [-0.3, -0.25) is 5.32 Å². The Bertz CT molecular complexity index is 1080. The number of amides is 2. The molecule has 0 spiro atoms. The Labute approximate surface area is 222 Å². The highest BCUT2D eigenvalue weighted by molar-refractivity contribution is 9.10. The van der Waals surface area contributed by atoms with Crippen LogP contribution in [-0.2, 0) is 16.2 Å². The predicted octanol–water partition coefficient (Wildman–Crippen LogP) is 6.86. The van der Waals surface area contributed by atoms with Crippen LogP contribution in [0.5, 0.6) is 0 Å². The molecule has 0 aliphatic carbocycles. The Hall–Kier alpha value is -2.63. The molecule has 1 aromatic carbocycles. The molecule has 36 heavy (non-hydrogen) atoms. The van der Waals surface area contributed by atoms with E-state index in [0.29, 0.717) is 34.7 Å². The zero-order valence-electron chi connectivity index (χ0n) is 21.9. The topological polar surface area (TPSA) is 115 Å². The van der Waals surface area contributed by atoms with Gasteiger partial charge in [-0.2, -0.15) is 0 Å². The first-order valence-corrected chi connectivity index (χ1v) is 16.2. The average molecular weight is 582 g/mol. The van der Waals surface area contributed by atoms with Crippen molar-refractivity contribution in [1.82, 2.24) is 14.9 Å². The Morgan fingerprint density at radius 3 is 2.56 bits per heavy atom. The number of imidazole rings is 1. The Morgan fingerprint density at radius 2 is 2.00 bits per heavy atom. The van der Waals surface area contributed by atoms with Crippen LogP contribution in [0.1, 0.15) is 39.1 Å².